The molecule has 0 bridgehead atoms. The van der Waals surface area contributed by atoms with Gasteiger partial charge in [-0.15, -0.1) is 0 Å². The highest BCUT2D eigenvalue weighted by Gasteiger charge is 2.26. The monoisotopic (exact) mass is 243 g/mol. The minimum atomic E-state index is -1.52. The minimum Gasteiger partial charge on any atom is -0.497 e. The van der Waals surface area contributed by atoms with E-state index in [0.29, 0.717) is 0 Å². The molecule has 3 N–H and O–H groups in total. The Labute approximate surface area is 97.0 Å². The third kappa shape index (κ3) is 2.90. The number of nitrogens with zero attached hydrogens (tertiary/aromatic N) is 1. The Kier molecular flexibility index (Phi) is 4.38. The van der Waals surface area contributed by atoms with Gasteiger partial charge in [0.1, 0.15) is 18.0 Å². The maximum Gasteiger partial charge on any atom is 0.279 e. The Hall–Kier alpha value is -1.70. The quantitative estimate of drug-likeness (QED) is 0.495. The van der Waals surface area contributed by atoms with Gasteiger partial charge in [0.25, 0.3) is 5.69 Å². The van der Waals surface area contributed by atoms with Gasteiger partial charge in [-0.2, -0.15) is 0 Å². The number of hydrogen-bond donors (Lipinski definition) is 3. The highest BCUT2D eigenvalue weighted by molar-refractivity contribution is 5.47. The van der Waals surface area contributed by atoms with E-state index in [2.05, 4.69) is 0 Å². The van der Waals surface area contributed by atoms with E-state index in [1.807, 2.05) is 0 Å². The average molecular weight is 243 g/mol. The first-order valence-electron chi connectivity index (χ1n) is 4.80. The lowest BCUT2D eigenvalue weighted by atomic mass is 10.0. The number of nitro groups is 1. The van der Waals surface area contributed by atoms with Crippen LogP contribution in [0, 0.1) is 10.1 Å². The topological polar surface area (TPSA) is 113 Å². The summed E-state index contributed by atoms with van der Waals surface area (Å²) in [5.41, 5.74) is -0.443. The van der Waals surface area contributed by atoms with E-state index in [-0.39, 0.29) is 17.0 Å². The number of ether oxygens (including phenoxy) is 1. The van der Waals surface area contributed by atoms with E-state index in [1.165, 1.54) is 19.2 Å². The summed E-state index contributed by atoms with van der Waals surface area (Å²) in [7, 11) is 1.36. The van der Waals surface area contributed by atoms with Gasteiger partial charge in [0.05, 0.1) is 30.3 Å². The lowest BCUT2D eigenvalue weighted by Crippen LogP contribution is -2.22. The van der Waals surface area contributed by atoms with Crippen molar-refractivity contribution in [2.24, 2.45) is 0 Å². The molecule has 17 heavy (non-hydrogen) atoms. The van der Waals surface area contributed by atoms with Crippen LogP contribution in [0.5, 0.6) is 5.75 Å². The molecule has 1 aromatic carbocycles. The zero-order chi connectivity index (χ0) is 13.0. The zero-order valence-corrected chi connectivity index (χ0v) is 9.11. The second-order valence-corrected chi connectivity index (χ2v) is 3.38. The summed E-state index contributed by atoms with van der Waals surface area (Å²) in [6.45, 7) is -0.690. The van der Waals surface area contributed by atoms with E-state index >= 15 is 0 Å². The van der Waals surface area contributed by atoms with E-state index in [0.717, 1.165) is 6.07 Å². The molecule has 0 saturated heterocycles. The molecule has 0 saturated carbocycles. The van der Waals surface area contributed by atoms with Gasteiger partial charge >= 0.3 is 0 Å². The normalized spacial score (nSPS) is 14.1. The first-order valence-corrected chi connectivity index (χ1v) is 4.80. The van der Waals surface area contributed by atoms with Gasteiger partial charge in [-0.05, 0) is 12.1 Å². The number of aliphatic hydroxyl groups is 3. The standard InChI is InChI=1S/C10H13NO6/c1-17-6-2-3-7(8(4-6)11(15)16)10(14)9(13)5-12/h2-4,9-10,12-14H,5H2,1H3. The van der Waals surface area contributed by atoms with Crippen LogP contribution in [-0.4, -0.2) is 40.1 Å². The van der Waals surface area contributed by atoms with Crippen molar-refractivity contribution in [3.05, 3.63) is 33.9 Å². The summed E-state index contributed by atoms with van der Waals surface area (Å²) in [4.78, 5) is 10.1. The summed E-state index contributed by atoms with van der Waals surface area (Å²) in [5.74, 6) is 0.270. The largest absolute Gasteiger partial charge is 0.497 e. The van der Waals surface area contributed by atoms with Gasteiger partial charge in [0.15, 0.2) is 0 Å². The summed E-state index contributed by atoms with van der Waals surface area (Å²) in [5, 5.41) is 38.4. The molecule has 2 unspecified atom stereocenters. The highest BCUT2D eigenvalue weighted by atomic mass is 16.6. The molecule has 7 heteroatoms. The number of nitro benzene ring substituents is 1. The molecule has 0 heterocycles. The van der Waals surface area contributed by atoms with Crippen molar-refractivity contribution >= 4 is 5.69 Å². The number of methoxy groups -OCH3 is 1. The summed E-state index contributed by atoms with van der Waals surface area (Å²) in [6.07, 6.45) is -2.99. The molecular formula is C10H13NO6. The first kappa shape index (κ1) is 13.4. The molecule has 0 aliphatic heterocycles. The third-order valence-corrected chi connectivity index (χ3v) is 2.30. The van der Waals surface area contributed by atoms with Crippen LogP contribution >= 0.6 is 0 Å². The number of rotatable bonds is 5. The Balaban J connectivity index is 3.18. The van der Waals surface area contributed by atoms with Crippen LogP contribution < -0.4 is 4.74 Å². The molecule has 7 nitrogen and oxygen atoms in total. The van der Waals surface area contributed by atoms with Gasteiger partial charge in [0.2, 0.25) is 0 Å². The van der Waals surface area contributed by atoms with E-state index < -0.39 is 23.7 Å². The van der Waals surface area contributed by atoms with Crippen molar-refractivity contribution in [1.82, 2.24) is 0 Å². The van der Waals surface area contributed by atoms with Gasteiger partial charge < -0.3 is 20.1 Å². The SMILES string of the molecule is COc1ccc(C(O)C(O)CO)c([N+](=O)[O-])c1. The number of benzene rings is 1. The average Bonchev–Trinajstić information content (AvgIpc) is 2.35. The van der Waals surface area contributed by atoms with Crippen molar-refractivity contribution in [2.45, 2.75) is 12.2 Å². The van der Waals surface area contributed by atoms with Gasteiger partial charge in [-0.1, -0.05) is 0 Å². The highest BCUT2D eigenvalue weighted by Crippen LogP contribution is 2.30. The maximum absolute atomic E-state index is 10.8. The molecular weight excluding hydrogens is 230 g/mol. The fourth-order valence-electron chi connectivity index (χ4n) is 1.37. The van der Waals surface area contributed by atoms with Crippen LogP contribution in [0.1, 0.15) is 11.7 Å². The predicted molar refractivity (Wildman–Crippen MR) is 57.7 cm³/mol. The Morgan fingerprint density at radius 1 is 1.47 bits per heavy atom. The first-order chi connectivity index (χ1) is 8.01. The molecule has 0 aliphatic rings. The van der Waals surface area contributed by atoms with E-state index in [9.17, 15) is 20.3 Å². The number of aliphatic hydroxyl groups excluding tert-OH is 3. The fraction of sp³-hybridized carbons (Fsp3) is 0.400. The van der Waals surface area contributed by atoms with Crippen LogP contribution in [0.4, 0.5) is 5.69 Å². The molecule has 1 aromatic rings. The molecule has 0 fully saturated rings. The lowest BCUT2D eigenvalue weighted by molar-refractivity contribution is -0.386. The Morgan fingerprint density at radius 3 is 2.59 bits per heavy atom. The summed E-state index contributed by atoms with van der Waals surface area (Å²) < 4.78 is 4.83. The van der Waals surface area contributed by atoms with Gasteiger partial charge in [0, 0.05) is 0 Å². The summed E-state index contributed by atoms with van der Waals surface area (Å²) in [6, 6.07) is 3.85. The second-order valence-electron chi connectivity index (χ2n) is 3.38. The third-order valence-electron chi connectivity index (χ3n) is 2.30. The molecule has 0 aromatic heterocycles. The molecule has 0 radical (unpaired) electrons. The van der Waals surface area contributed by atoms with Crippen molar-refractivity contribution in [3.63, 3.8) is 0 Å². The lowest BCUT2D eigenvalue weighted by Gasteiger charge is -2.16. The van der Waals surface area contributed by atoms with Gasteiger partial charge in [-0.3, -0.25) is 10.1 Å². The molecule has 1 rings (SSSR count). The maximum atomic E-state index is 10.8. The molecule has 94 valence electrons. The van der Waals surface area contributed by atoms with Crippen LogP contribution in [0.2, 0.25) is 0 Å². The summed E-state index contributed by atoms with van der Waals surface area (Å²) >= 11 is 0. The van der Waals surface area contributed by atoms with Crippen molar-refractivity contribution in [3.8, 4) is 5.75 Å². The molecule has 0 aliphatic carbocycles. The zero-order valence-electron chi connectivity index (χ0n) is 9.11. The smallest absolute Gasteiger partial charge is 0.279 e. The fourth-order valence-corrected chi connectivity index (χ4v) is 1.37. The van der Waals surface area contributed by atoms with Crippen molar-refractivity contribution < 1.29 is 25.0 Å². The Morgan fingerprint density at radius 2 is 2.12 bits per heavy atom. The van der Waals surface area contributed by atoms with Crippen LogP contribution in [0.3, 0.4) is 0 Å². The second kappa shape index (κ2) is 5.58. The molecule has 2 atom stereocenters. The van der Waals surface area contributed by atoms with Gasteiger partial charge in [-0.25, -0.2) is 0 Å². The van der Waals surface area contributed by atoms with Crippen molar-refractivity contribution in [1.29, 1.82) is 0 Å². The molecule has 0 amide bonds. The van der Waals surface area contributed by atoms with Crippen LogP contribution in [0.25, 0.3) is 0 Å². The molecule has 0 spiro atoms. The predicted octanol–water partition coefficient (Wildman–Crippen LogP) is -0.0100. The van der Waals surface area contributed by atoms with Crippen LogP contribution in [0.15, 0.2) is 18.2 Å². The van der Waals surface area contributed by atoms with E-state index in [1.54, 1.807) is 0 Å². The van der Waals surface area contributed by atoms with Crippen molar-refractivity contribution in [2.75, 3.05) is 13.7 Å². The Bertz CT molecular complexity index is 408. The minimum absolute atomic E-state index is 0.0719. The van der Waals surface area contributed by atoms with Crippen LogP contribution in [-0.2, 0) is 0 Å². The number of hydrogen-bond acceptors (Lipinski definition) is 6. The van der Waals surface area contributed by atoms with E-state index in [4.69, 9.17) is 9.84 Å².